The van der Waals surface area contributed by atoms with Crippen LogP contribution >= 0.6 is 15.9 Å². The summed E-state index contributed by atoms with van der Waals surface area (Å²) in [5, 5.41) is 2.91. The Morgan fingerprint density at radius 3 is 2.22 bits per heavy atom. The number of benzene rings is 3. The molecule has 3 aromatic carbocycles. The molecule has 0 unspecified atom stereocenters. The fourth-order valence-corrected chi connectivity index (χ4v) is 6.62. The highest BCUT2D eigenvalue weighted by Crippen LogP contribution is 2.31. The third-order valence-electron chi connectivity index (χ3n) is 6.56. The summed E-state index contributed by atoms with van der Waals surface area (Å²) in [6.45, 7) is 9.07. The van der Waals surface area contributed by atoms with E-state index in [2.05, 4.69) is 21.2 Å². The highest BCUT2D eigenvalue weighted by molar-refractivity contribution is 9.10. The monoisotopic (exact) mass is 643 g/mol. The number of sulfonamides is 1. The van der Waals surface area contributed by atoms with Gasteiger partial charge >= 0.3 is 0 Å². The van der Waals surface area contributed by atoms with Crippen molar-refractivity contribution >= 4 is 43.5 Å². The Hall–Kier alpha value is -3.37. The van der Waals surface area contributed by atoms with Gasteiger partial charge in [0.25, 0.3) is 10.0 Å². The van der Waals surface area contributed by atoms with E-state index in [1.54, 1.807) is 30.3 Å². The van der Waals surface area contributed by atoms with Crippen LogP contribution in [0.25, 0.3) is 0 Å². The minimum absolute atomic E-state index is 0.00613. The lowest BCUT2D eigenvalue weighted by Gasteiger charge is -2.33. The number of nitrogens with one attached hydrogen (secondary N) is 1. The number of ether oxygens (including phenoxy) is 1. The van der Waals surface area contributed by atoms with E-state index in [0.717, 1.165) is 21.0 Å². The first-order valence-electron chi connectivity index (χ1n) is 13.5. The zero-order chi connectivity index (χ0) is 30.3. The van der Waals surface area contributed by atoms with E-state index in [1.807, 2.05) is 58.9 Å². The first-order chi connectivity index (χ1) is 19.4. The summed E-state index contributed by atoms with van der Waals surface area (Å²) < 4.78 is 35.0. The fourth-order valence-electron chi connectivity index (χ4n) is 4.48. The highest BCUT2D eigenvalue weighted by Gasteiger charge is 2.34. The molecule has 0 heterocycles. The Bertz CT molecular complexity index is 1480. The number of anilines is 1. The Balaban J connectivity index is 2.09. The molecule has 0 aliphatic carbocycles. The molecule has 0 saturated carbocycles. The molecule has 8 nitrogen and oxygen atoms in total. The topological polar surface area (TPSA) is 96.0 Å². The molecule has 3 rings (SSSR count). The molecule has 41 heavy (non-hydrogen) atoms. The molecular formula is C31H38BrN3O5S. The van der Waals surface area contributed by atoms with E-state index in [4.69, 9.17) is 4.74 Å². The number of carbonyl (C=O) groups excluding carboxylic acids is 2. The normalized spacial score (nSPS) is 12.1. The zero-order valence-corrected chi connectivity index (χ0v) is 26.8. The number of aryl methyl sites for hydroxylation is 2. The van der Waals surface area contributed by atoms with Crippen molar-refractivity contribution in [2.45, 2.75) is 64.6 Å². The number of amides is 2. The van der Waals surface area contributed by atoms with E-state index in [9.17, 15) is 18.0 Å². The summed E-state index contributed by atoms with van der Waals surface area (Å²) >= 11 is 3.37. The van der Waals surface area contributed by atoms with Gasteiger partial charge in [0, 0.05) is 12.6 Å². The maximum absolute atomic E-state index is 14.1. The summed E-state index contributed by atoms with van der Waals surface area (Å²) in [6, 6.07) is 18.2. The zero-order valence-electron chi connectivity index (χ0n) is 24.3. The standard InChI is InChI=1S/C31H38BrN3O5S/c1-7-28(31(37)33-21(2)3)34(19-24-10-8-9-23(5)17-24)30(36)20-35(25-13-11-22(4)12-14-25)41(38,39)26-15-16-29(40-6)27(32)18-26/h8-18,21,28H,7,19-20H2,1-6H3,(H,33,37)/t28-/m0/s1. The van der Waals surface area contributed by atoms with Crippen LogP contribution in [0.15, 0.2) is 76.1 Å². The Labute approximate surface area is 251 Å². The van der Waals surface area contributed by atoms with E-state index in [0.29, 0.717) is 22.3 Å². The number of carbonyl (C=O) groups is 2. The predicted molar refractivity (Wildman–Crippen MR) is 165 cm³/mol. The summed E-state index contributed by atoms with van der Waals surface area (Å²) in [5.74, 6) is -0.297. The molecule has 0 aromatic heterocycles. The Morgan fingerprint density at radius 1 is 0.976 bits per heavy atom. The highest BCUT2D eigenvalue weighted by atomic mass is 79.9. The molecule has 10 heteroatoms. The van der Waals surface area contributed by atoms with Crippen molar-refractivity contribution in [3.63, 3.8) is 0 Å². The lowest BCUT2D eigenvalue weighted by atomic mass is 10.1. The van der Waals surface area contributed by atoms with Gasteiger partial charge in [-0.05, 0) is 85.9 Å². The van der Waals surface area contributed by atoms with Crippen molar-refractivity contribution in [2.75, 3.05) is 18.0 Å². The average Bonchev–Trinajstić information content (AvgIpc) is 2.91. The molecule has 0 radical (unpaired) electrons. The second-order valence-electron chi connectivity index (χ2n) is 10.2. The summed E-state index contributed by atoms with van der Waals surface area (Å²) in [5.41, 5.74) is 3.15. The van der Waals surface area contributed by atoms with Crippen molar-refractivity contribution in [1.82, 2.24) is 10.2 Å². The van der Waals surface area contributed by atoms with Crippen molar-refractivity contribution in [2.24, 2.45) is 0 Å². The second kappa shape index (κ2) is 14.0. The first-order valence-corrected chi connectivity index (χ1v) is 15.7. The van der Waals surface area contributed by atoms with Crippen molar-refractivity contribution in [3.05, 3.63) is 87.9 Å². The van der Waals surface area contributed by atoms with Crippen molar-refractivity contribution in [1.29, 1.82) is 0 Å². The van der Waals surface area contributed by atoms with E-state index < -0.39 is 28.5 Å². The van der Waals surface area contributed by atoms with Crippen molar-refractivity contribution < 1.29 is 22.7 Å². The van der Waals surface area contributed by atoms with Gasteiger partial charge in [-0.25, -0.2) is 8.42 Å². The molecule has 220 valence electrons. The van der Waals surface area contributed by atoms with Crippen LogP contribution in [-0.2, 0) is 26.2 Å². The van der Waals surface area contributed by atoms with Crippen LogP contribution in [0.2, 0.25) is 0 Å². The fraction of sp³-hybridized carbons (Fsp3) is 0.355. The third-order valence-corrected chi connectivity index (χ3v) is 8.95. The first kappa shape index (κ1) is 32.1. The van der Waals surface area contributed by atoms with E-state index in [-0.39, 0.29) is 23.4 Å². The number of hydrogen-bond donors (Lipinski definition) is 1. The van der Waals surface area contributed by atoms with Gasteiger partial charge in [-0.2, -0.15) is 0 Å². The van der Waals surface area contributed by atoms with Crippen LogP contribution in [-0.4, -0.2) is 50.9 Å². The van der Waals surface area contributed by atoms with Crippen LogP contribution < -0.4 is 14.4 Å². The molecule has 0 aliphatic heterocycles. The van der Waals surface area contributed by atoms with Crippen molar-refractivity contribution in [3.8, 4) is 5.75 Å². The van der Waals surface area contributed by atoms with Crippen LogP contribution in [0, 0.1) is 13.8 Å². The van der Waals surface area contributed by atoms with E-state index >= 15 is 0 Å². The maximum atomic E-state index is 14.1. The molecule has 0 saturated heterocycles. The van der Waals surface area contributed by atoms with Crippen LogP contribution in [0.3, 0.4) is 0 Å². The number of hydrogen-bond acceptors (Lipinski definition) is 5. The lowest BCUT2D eigenvalue weighted by Crippen LogP contribution is -2.53. The molecule has 3 aromatic rings. The van der Waals surface area contributed by atoms with Gasteiger partial charge in [-0.1, -0.05) is 54.4 Å². The number of rotatable bonds is 12. The summed E-state index contributed by atoms with van der Waals surface area (Å²) in [4.78, 5) is 28.8. The molecule has 0 aliphatic rings. The SMILES string of the molecule is CC[C@@H](C(=O)NC(C)C)N(Cc1cccc(C)c1)C(=O)CN(c1ccc(C)cc1)S(=O)(=O)c1ccc(OC)c(Br)c1. The number of nitrogens with zero attached hydrogens (tertiary/aromatic N) is 2. The average molecular weight is 645 g/mol. The van der Waals surface area contributed by atoms with Gasteiger partial charge in [-0.3, -0.25) is 13.9 Å². The van der Waals surface area contributed by atoms with Crippen LogP contribution in [0.4, 0.5) is 5.69 Å². The quantitative estimate of drug-likeness (QED) is 0.277. The lowest BCUT2D eigenvalue weighted by molar-refractivity contribution is -0.140. The minimum Gasteiger partial charge on any atom is -0.496 e. The molecule has 0 spiro atoms. The van der Waals surface area contributed by atoms with Gasteiger partial charge in [0.2, 0.25) is 11.8 Å². The van der Waals surface area contributed by atoms with Gasteiger partial charge in [-0.15, -0.1) is 0 Å². The molecule has 2 amide bonds. The third kappa shape index (κ3) is 8.10. The molecule has 0 fully saturated rings. The molecule has 1 N–H and O–H groups in total. The second-order valence-corrected chi connectivity index (χ2v) is 13.0. The number of halogens is 1. The van der Waals surface area contributed by atoms with Crippen LogP contribution in [0.5, 0.6) is 5.75 Å². The Kier molecular flexibility index (Phi) is 11.0. The minimum atomic E-state index is -4.19. The number of methoxy groups -OCH3 is 1. The van der Waals surface area contributed by atoms with Gasteiger partial charge < -0.3 is 15.0 Å². The van der Waals surface area contributed by atoms with Gasteiger partial charge in [0.15, 0.2) is 0 Å². The van der Waals surface area contributed by atoms with E-state index in [1.165, 1.54) is 24.1 Å². The van der Waals surface area contributed by atoms with Gasteiger partial charge in [0.05, 0.1) is 22.2 Å². The summed E-state index contributed by atoms with van der Waals surface area (Å²) in [6.07, 6.45) is 0.360. The Morgan fingerprint density at radius 2 is 1.66 bits per heavy atom. The molecular weight excluding hydrogens is 606 g/mol. The van der Waals surface area contributed by atoms with Crippen LogP contribution in [0.1, 0.15) is 43.9 Å². The maximum Gasteiger partial charge on any atom is 0.264 e. The van der Waals surface area contributed by atoms with Gasteiger partial charge in [0.1, 0.15) is 18.3 Å². The molecule has 1 atom stereocenters. The summed E-state index contributed by atoms with van der Waals surface area (Å²) in [7, 11) is -2.70. The predicted octanol–water partition coefficient (Wildman–Crippen LogP) is 5.60. The molecule has 0 bridgehead atoms. The smallest absolute Gasteiger partial charge is 0.264 e. The largest absolute Gasteiger partial charge is 0.496 e.